The summed E-state index contributed by atoms with van der Waals surface area (Å²) < 4.78 is 96.9. The number of ether oxygens (including phenoxy) is 3. The second kappa shape index (κ2) is 17.6. The fourth-order valence-electron chi connectivity index (χ4n) is 6.14. The van der Waals surface area contributed by atoms with Crippen LogP contribution in [0.3, 0.4) is 0 Å². The summed E-state index contributed by atoms with van der Waals surface area (Å²) in [4.78, 5) is 34.4. The van der Waals surface area contributed by atoms with Gasteiger partial charge in [0.2, 0.25) is 0 Å². The van der Waals surface area contributed by atoms with E-state index in [-0.39, 0.29) is 12.2 Å². The van der Waals surface area contributed by atoms with Crippen LogP contribution in [0.1, 0.15) is 69.5 Å². The number of benzene rings is 1. The van der Waals surface area contributed by atoms with E-state index < -0.39 is 63.6 Å². The molecule has 2 aliphatic rings. The van der Waals surface area contributed by atoms with Crippen LogP contribution in [0.2, 0.25) is 0 Å². The second-order valence-corrected chi connectivity index (χ2v) is 12.5. The first kappa shape index (κ1) is 40.0. The van der Waals surface area contributed by atoms with Crippen molar-refractivity contribution in [1.29, 1.82) is 0 Å². The highest BCUT2D eigenvalue weighted by Crippen LogP contribution is 2.42. The van der Waals surface area contributed by atoms with Crippen LogP contribution in [0.15, 0.2) is 41.9 Å². The Morgan fingerprint density at radius 2 is 1.59 bits per heavy atom. The number of rotatable bonds is 18. The summed E-state index contributed by atoms with van der Waals surface area (Å²) >= 11 is 0. The SMILES string of the molecule is COCCOCCOCCCCCCCCN1C(=O)C(C(=O)Nc2ccc(C(F)(F)F)cc2-c2cc(C(F)(F)F)ncn2)=C(O)[C@@]2(C)CCCN12. The molecule has 0 bridgehead atoms. The third kappa shape index (κ3) is 10.2. The number of aromatic nitrogens is 2. The Balaban J connectivity index is 1.42. The van der Waals surface area contributed by atoms with Gasteiger partial charge in [0.25, 0.3) is 11.8 Å². The lowest BCUT2D eigenvalue weighted by molar-refractivity contribution is -0.158. The molecule has 2 amide bonds. The molecule has 0 aliphatic carbocycles. The van der Waals surface area contributed by atoms with E-state index in [1.165, 1.54) is 5.01 Å². The monoisotopic (exact) mass is 731 g/mol. The number of hydrogen-bond donors (Lipinski definition) is 2. The van der Waals surface area contributed by atoms with E-state index in [9.17, 15) is 41.0 Å². The maximum atomic E-state index is 13.8. The molecule has 2 aromatic rings. The van der Waals surface area contributed by atoms with Gasteiger partial charge in [0, 0.05) is 32.4 Å². The van der Waals surface area contributed by atoms with E-state index >= 15 is 0 Å². The zero-order valence-corrected chi connectivity index (χ0v) is 28.5. The quantitative estimate of drug-likeness (QED) is 0.0996. The summed E-state index contributed by atoms with van der Waals surface area (Å²) in [6, 6.07) is 2.52. The van der Waals surface area contributed by atoms with Gasteiger partial charge in [0.05, 0.1) is 48.9 Å². The molecule has 4 rings (SSSR count). The number of halogens is 6. The van der Waals surface area contributed by atoms with Crippen molar-refractivity contribution in [3.05, 3.63) is 53.2 Å². The molecule has 2 aliphatic heterocycles. The minimum absolute atomic E-state index is 0.261. The van der Waals surface area contributed by atoms with Crippen LogP contribution in [0.25, 0.3) is 11.3 Å². The molecular weight excluding hydrogens is 688 g/mol. The number of nitrogens with zero attached hydrogens (tertiary/aromatic N) is 4. The minimum atomic E-state index is -4.92. The van der Waals surface area contributed by atoms with Gasteiger partial charge in [-0.05, 0) is 56.9 Å². The number of methoxy groups -OCH3 is 1. The summed E-state index contributed by atoms with van der Waals surface area (Å²) in [7, 11) is 1.61. The van der Waals surface area contributed by atoms with Gasteiger partial charge in [-0.1, -0.05) is 25.7 Å². The Morgan fingerprint density at radius 3 is 2.27 bits per heavy atom. The molecule has 51 heavy (non-hydrogen) atoms. The number of hydrazine groups is 1. The molecule has 17 heteroatoms. The molecule has 0 saturated carbocycles. The Labute approximate surface area is 291 Å². The largest absolute Gasteiger partial charge is 0.509 e. The third-order valence-electron chi connectivity index (χ3n) is 8.86. The molecular formula is C34H43F6N5O6. The van der Waals surface area contributed by atoms with E-state index in [0.29, 0.717) is 83.4 Å². The number of aliphatic hydroxyl groups excluding tert-OH is 1. The summed E-state index contributed by atoms with van der Waals surface area (Å²) in [5, 5.41) is 16.8. The minimum Gasteiger partial charge on any atom is -0.509 e. The van der Waals surface area contributed by atoms with Gasteiger partial charge < -0.3 is 24.6 Å². The normalized spacial score (nSPS) is 18.4. The van der Waals surface area contributed by atoms with Crippen molar-refractivity contribution in [2.75, 3.05) is 58.6 Å². The first-order valence-electron chi connectivity index (χ1n) is 16.8. The van der Waals surface area contributed by atoms with Gasteiger partial charge in [-0.15, -0.1) is 0 Å². The molecule has 1 fully saturated rings. The summed E-state index contributed by atoms with van der Waals surface area (Å²) in [5.41, 5.74) is -5.67. The van der Waals surface area contributed by atoms with Crippen LogP contribution >= 0.6 is 0 Å². The summed E-state index contributed by atoms with van der Waals surface area (Å²) in [6.45, 7) is 5.13. The molecule has 1 saturated heterocycles. The van der Waals surface area contributed by atoms with Crippen LogP contribution in [-0.2, 0) is 36.2 Å². The number of unbranched alkanes of at least 4 members (excludes halogenated alkanes) is 5. The molecule has 11 nitrogen and oxygen atoms in total. The van der Waals surface area contributed by atoms with Gasteiger partial charge in [-0.2, -0.15) is 26.3 Å². The van der Waals surface area contributed by atoms with Crippen molar-refractivity contribution in [3.8, 4) is 11.3 Å². The molecule has 3 heterocycles. The Hall–Kier alpha value is -3.80. The number of aliphatic hydroxyl groups is 1. The standard InChI is InChI=1S/C34H43F6N5O6/c1-32-12-9-14-45(32)44(13-7-5-3-4-6-8-15-50-18-19-51-17-16-49-2)31(48)28(29(32)46)30(47)43-25-11-10-23(33(35,36)37)20-24(25)26-21-27(34(38,39)40)42-22-41-26/h10-11,20-22,46H,3-9,12-19H2,1-2H3,(H,43,47)/t32-/m1/s1. The third-order valence-corrected chi connectivity index (χ3v) is 8.86. The Bertz CT molecular complexity index is 1540. The van der Waals surface area contributed by atoms with Crippen LogP contribution in [0.4, 0.5) is 32.0 Å². The molecule has 0 radical (unpaired) electrons. The number of carbonyl (C=O) groups excluding carboxylic acids is 2. The van der Waals surface area contributed by atoms with E-state index in [4.69, 9.17) is 14.2 Å². The Kier molecular flexibility index (Phi) is 13.8. The van der Waals surface area contributed by atoms with Gasteiger partial charge in [-0.25, -0.2) is 15.0 Å². The molecule has 2 N–H and O–H groups in total. The number of hydrogen-bond acceptors (Lipinski definition) is 9. The van der Waals surface area contributed by atoms with Crippen molar-refractivity contribution >= 4 is 17.5 Å². The highest BCUT2D eigenvalue weighted by atomic mass is 19.4. The van der Waals surface area contributed by atoms with Crippen molar-refractivity contribution in [3.63, 3.8) is 0 Å². The van der Waals surface area contributed by atoms with Crippen molar-refractivity contribution in [2.45, 2.75) is 76.2 Å². The van der Waals surface area contributed by atoms with Crippen LogP contribution in [0, 0.1) is 0 Å². The average Bonchev–Trinajstić information content (AvgIpc) is 3.48. The van der Waals surface area contributed by atoms with E-state index in [2.05, 4.69) is 15.3 Å². The van der Waals surface area contributed by atoms with Gasteiger partial charge in [0.1, 0.15) is 23.4 Å². The second-order valence-electron chi connectivity index (χ2n) is 12.5. The fraction of sp³-hybridized carbons (Fsp3) is 0.588. The number of fused-ring (bicyclic) bond motifs is 1. The van der Waals surface area contributed by atoms with Crippen LogP contribution < -0.4 is 5.32 Å². The van der Waals surface area contributed by atoms with Crippen LogP contribution in [-0.4, -0.2) is 95.7 Å². The zero-order chi connectivity index (χ0) is 37.2. The number of anilines is 1. The molecule has 282 valence electrons. The van der Waals surface area contributed by atoms with Gasteiger partial charge >= 0.3 is 12.4 Å². The first-order valence-corrected chi connectivity index (χ1v) is 16.8. The summed E-state index contributed by atoms with van der Waals surface area (Å²) in [5.74, 6) is -2.40. The number of carbonyl (C=O) groups is 2. The highest BCUT2D eigenvalue weighted by Gasteiger charge is 2.52. The predicted molar refractivity (Wildman–Crippen MR) is 173 cm³/mol. The van der Waals surface area contributed by atoms with Crippen molar-refractivity contribution < 1.29 is 55.2 Å². The lowest BCUT2D eigenvalue weighted by Crippen LogP contribution is -2.61. The predicted octanol–water partition coefficient (Wildman–Crippen LogP) is 6.56. The number of amides is 2. The maximum Gasteiger partial charge on any atom is 0.433 e. The molecule has 0 spiro atoms. The lowest BCUT2D eigenvalue weighted by atomic mass is 9.90. The Morgan fingerprint density at radius 1 is 0.922 bits per heavy atom. The smallest absolute Gasteiger partial charge is 0.433 e. The number of nitrogens with one attached hydrogen (secondary N) is 1. The van der Waals surface area contributed by atoms with Gasteiger partial charge in [0.15, 0.2) is 0 Å². The molecule has 0 unspecified atom stereocenters. The lowest BCUT2D eigenvalue weighted by Gasteiger charge is -2.46. The maximum absolute atomic E-state index is 13.8. The van der Waals surface area contributed by atoms with E-state index in [0.717, 1.165) is 38.2 Å². The fourth-order valence-corrected chi connectivity index (χ4v) is 6.14. The average molecular weight is 732 g/mol. The van der Waals surface area contributed by atoms with Gasteiger partial charge in [-0.3, -0.25) is 14.6 Å². The zero-order valence-electron chi connectivity index (χ0n) is 28.5. The topological polar surface area (TPSA) is 126 Å². The molecule has 1 aromatic heterocycles. The number of alkyl halides is 6. The van der Waals surface area contributed by atoms with E-state index in [1.807, 2.05) is 0 Å². The first-order chi connectivity index (χ1) is 24.2. The molecule has 1 atom stereocenters. The van der Waals surface area contributed by atoms with Crippen molar-refractivity contribution in [1.82, 2.24) is 20.0 Å². The van der Waals surface area contributed by atoms with E-state index in [1.54, 1.807) is 19.0 Å². The highest BCUT2D eigenvalue weighted by molar-refractivity contribution is 6.24. The van der Waals surface area contributed by atoms with Crippen molar-refractivity contribution in [2.24, 2.45) is 0 Å². The molecule has 1 aromatic carbocycles. The summed E-state index contributed by atoms with van der Waals surface area (Å²) in [6.07, 6.45) is -3.04. The van der Waals surface area contributed by atoms with Crippen LogP contribution in [0.5, 0.6) is 0 Å².